The highest BCUT2D eigenvalue weighted by Gasteiger charge is 2.36. The smallest absolute Gasteiger partial charge is 0.131 e. The Morgan fingerprint density at radius 1 is 1.29 bits per heavy atom. The van der Waals surface area contributed by atoms with Crippen LogP contribution in [-0.2, 0) is 4.74 Å². The lowest BCUT2D eigenvalue weighted by Crippen LogP contribution is -2.39. The van der Waals surface area contributed by atoms with Gasteiger partial charge in [-0.05, 0) is 84.1 Å². The molecule has 2 aliphatic rings. The first-order valence-electron chi connectivity index (χ1n) is 10.3. The number of nitrogens with zero attached hydrogens (tertiary/aromatic N) is 1. The maximum atomic E-state index is 12.6. The largest absolute Gasteiger partial charge is 0.758 e. The van der Waals surface area contributed by atoms with Gasteiger partial charge in [0.1, 0.15) is 11.4 Å². The van der Waals surface area contributed by atoms with Crippen molar-refractivity contribution in [2.75, 3.05) is 5.06 Å². The maximum absolute atomic E-state index is 12.6. The number of hydroxylamine groups is 1. The molecule has 0 bridgehead atoms. The van der Waals surface area contributed by atoms with E-state index in [1.165, 1.54) is 11.1 Å². The van der Waals surface area contributed by atoms with Gasteiger partial charge in [-0.2, -0.15) is 0 Å². The lowest BCUT2D eigenvalue weighted by molar-refractivity contribution is 0.0823. The number of anilines is 1. The van der Waals surface area contributed by atoms with Crippen LogP contribution in [-0.4, -0.2) is 11.6 Å². The molecule has 2 heterocycles. The predicted octanol–water partition coefficient (Wildman–Crippen LogP) is 6.92. The first-order valence-corrected chi connectivity index (χ1v) is 10.3. The number of fused-ring (bicyclic) bond motifs is 2. The molecule has 3 heteroatoms. The zero-order valence-electron chi connectivity index (χ0n) is 17.8. The molecular formula is C25H32NO2-. The number of hydrogen-bond donors (Lipinski definition) is 0. The fraction of sp³-hybridized carbons (Fsp3) is 0.440. The highest BCUT2D eigenvalue weighted by Crippen LogP contribution is 2.46. The molecule has 150 valence electrons. The highest BCUT2D eigenvalue weighted by molar-refractivity contribution is 5.81. The zero-order chi connectivity index (χ0) is 20.3. The molecule has 28 heavy (non-hydrogen) atoms. The van der Waals surface area contributed by atoms with Crippen LogP contribution in [0.1, 0.15) is 65.9 Å². The van der Waals surface area contributed by atoms with Crippen LogP contribution < -0.4 is 5.06 Å². The van der Waals surface area contributed by atoms with Crippen molar-refractivity contribution in [1.29, 1.82) is 0 Å². The third-order valence-corrected chi connectivity index (χ3v) is 5.68. The predicted molar refractivity (Wildman–Crippen MR) is 119 cm³/mol. The average Bonchev–Trinajstić information content (AvgIpc) is 2.65. The maximum Gasteiger partial charge on any atom is 0.131 e. The Kier molecular flexibility index (Phi) is 6.14. The van der Waals surface area contributed by atoms with Crippen molar-refractivity contribution in [2.45, 2.75) is 71.9 Å². The number of allylic oxidation sites excluding steroid dienone is 5. The standard InChI is InChI=1S/C25H32NO2/c1-18(2)10-8-11-19(3)12-9-16-25(5)17-15-21-20(4)26(27)23-14-7-6-13-22(23)24(21)28-25/h6-7,9-10,12-14,16,20H,8,11,15,17H2,1-5H3/q-1. The number of ether oxygens (including phenoxy) is 1. The Morgan fingerprint density at radius 2 is 2.04 bits per heavy atom. The first kappa shape index (κ1) is 20.5. The third kappa shape index (κ3) is 4.41. The summed E-state index contributed by atoms with van der Waals surface area (Å²) in [5.41, 5.74) is 5.12. The topological polar surface area (TPSA) is 35.5 Å². The van der Waals surface area contributed by atoms with E-state index in [9.17, 15) is 5.21 Å². The van der Waals surface area contributed by atoms with E-state index in [1.807, 2.05) is 31.2 Å². The number of benzene rings is 1. The van der Waals surface area contributed by atoms with Gasteiger partial charge in [-0.3, -0.25) is 0 Å². The molecule has 2 atom stereocenters. The fourth-order valence-electron chi connectivity index (χ4n) is 3.89. The minimum Gasteiger partial charge on any atom is -0.758 e. The molecule has 0 fully saturated rings. The van der Waals surface area contributed by atoms with Crippen molar-refractivity contribution in [2.24, 2.45) is 0 Å². The molecule has 0 spiro atoms. The summed E-state index contributed by atoms with van der Waals surface area (Å²) in [5.74, 6) is 0.901. The molecule has 3 nitrogen and oxygen atoms in total. The van der Waals surface area contributed by atoms with E-state index in [0.29, 0.717) is 5.69 Å². The van der Waals surface area contributed by atoms with Gasteiger partial charge in [0.05, 0.1) is 0 Å². The molecule has 0 radical (unpaired) electrons. The fourth-order valence-corrected chi connectivity index (χ4v) is 3.89. The van der Waals surface area contributed by atoms with Gasteiger partial charge in [0.2, 0.25) is 0 Å². The van der Waals surface area contributed by atoms with Crippen LogP contribution in [0, 0.1) is 5.21 Å². The summed E-state index contributed by atoms with van der Waals surface area (Å²) in [4.78, 5) is 0. The average molecular weight is 379 g/mol. The second kappa shape index (κ2) is 8.40. The van der Waals surface area contributed by atoms with Crippen LogP contribution in [0.25, 0.3) is 5.76 Å². The van der Waals surface area contributed by atoms with E-state index in [1.54, 1.807) is 0 Å². The van der Waals surface area contributed by atoms with Crippen LogP contribution in [0.4, 0.5) is 5.69 Å². The van der Waals surface area contributed by atoms with E-state index in [2.05, 4.69) is 52.0 Å². The van der Waals surface area contributed by atoms with Gasteiger partial charge in [-0.15, -0.1) is 0 Å². The van der Waals surface area contributed by atoms with Crippen molar-refractivity contribution in [3.8, 4) is 0 Å². The van der Waals surface area contributed by atoms with Crippen molar-refractivity contribution < 1.29 is 4.74 Å². The van der Waals surface area contributed by atoms with Gasteiger partial charge >= 0.3 is 0 Å². The van der Waals surface area contributed by atoms with Crippen LogP contribution in [0.15, 0.2) is 65.3 Å². The molecule has 1 aromatic carbocycles. The van der Waals surface area contributed by atoms with Crippen molar-refractivity contribution in [3.63, 3.8) is 0 Å². The molecule has 3 rings (SSSR count). The lowest BCUT2D eigenvalue weighted by Gasteiger charge is -2.48. The summed E-state index contributed by atoms with van der Waals surface area (Å²) >= 11 is 0. The summed E-state index contributed by atoms with van der Waals surface area (Å²) in [6, 6.07) is 7.58. The lowest BCUT2D eigenvalue weighted by atomic mass is 9.85. The summed E-state index contributed by atoms with van der Waals surface area (Å²) in [7, 11) is 0. The van der Waals surface area contributed by atoms with Crippen molar-refractivity contribution in [1.82, 2.24) is 0 Å². The number of rotatable bonds is 5. The van der Waals surface area contributed by atoms with Gasteiger partial charge in [0.25, 0.3) is 0 Å². The van der Waals surface area contributed by atoms with E-state index in [-0.39, 0.29) is 11.6 Å². The Balaban J connectivity index is 1.76. The van der Waals surface area contributed by atoms with Gasteiger partial charge in [0, 0.05) is 17.3 Å². The molecule has 1 aromatic rings. The Morgan fingerprint density at radius 3 is 2.79 bits per heavy atom. The summed E-state index contributed by atoms with van der Waals surface area (Å²) in [6.45, 7) is 10.6. The molecule has 0 aliphatic carbocycles. The molecule has 0 saturated heterocycles. The van der Waals surface area contributed by atoms with E-state index >= 15 is 0 Å². The third-order valence-electron chi connectivity index (χ3n) is 5.68. The van der Waals surface area contributed by atoms with Crippen molar-refractivity contribution >= 4 is 11.4 Å². The highest BCUT2D eigenvalue weighted by atomic mass is 16.5. The van der Waals surface area contributed by atoms with Crippen LogP contribution in [0.2, 0.25) is 0 Å². The molecule has 2 aliphatic heterocycles. The van der Waals surface area contributed by atoms with Gasteiger partial charge in [-0.25, -0.2) is 0 Å². The molecule has 0 N–H and O–H groups in total. The molecule has 0 aromatic heterocycles. The summed E-state index contributed by atoms with van der Waals surface area (Å²) in [6.07, 6.45) is 12.7. The molecule has 2 unspecified atom stereocenters. The normalized spacial score (nSPS) is 24.7. The number of hydrogen-bond acceptors (Lipinski definition) is 3. The van der Waals surface area contributed by atoms with Crippen molar-refractivity contribution in [3.05, 3.63) is 76.1 Å². The van der Waals surface area contributed by atoms with Gasteiger partial charge in [-0.1, -0.05) is 41.5 Å². The second-order valence-corrected chi connectivity index (χ2v) is 8.48. The number of para-hydroxylation sites is 1. The van der Waals surface area contributed by atoms with E-state index in [4.69, 9.17) is 4.74 Å². The Hall–Kier alpha value is -2.26. The minimum absolute atomic E-state index is 0.171. The second-order valence-electron chi connectivity index (χ2n) is 8.48. The van der Waals surface area contributed by atoms with Crippen LogP contribution in [0.5, 0.6) is 0 Å². The van der Waals surface area contributed by atoms with E-state index < -0.39 is 0 Å². The van der Waals surface area contributed by atoms with Crippen LogP contribution >= 0.6 is 0 Å². The molecule has 0 saturated carbocycles. The van der Waals surface area contributed by atoms with Gasteiger partial charge < -0.3 is 15.0 Å². The van der Waals surface area contributed by atoms with Gasteiger partial charge in [0.15, 0.2) is 0 Å². The first-order chi connectivity index (χ1) is 13.3. The summed E-state index contributed by atoms with van der Waals surface area (Å²) in [5, 5.41) is 13.7. The van der Waals surface area contributed by atoms with Crippen LogP contribution in [0.3, 0.4) is 0 Å². The SMILES string of the molecule is CC(C)=CCCC(C)=CC=CC1(C)CCC2=C(O1)c1ccccc1N([O-])C2C. The monoisotopic (exact) mass is 378 g/mol. The Labute approximate surface area is 169 Å². The molecule has 0 amide bonds. The quantitative estimate of drug-likeness (QED) is 0.412. The molecular weight excluding hydrogens is 346 g/mol. The minimum atomic E-state index is -0.354. The Bertz CT molecular complexity index is 842. The zero-order valence-corrected chi connectivity index (χ0v) is 17.8. The summed E-state index contributed by atoms with van der Waals surface area (Å²) < 4.78 is 6.51. The van der Waals surface area contributed by atoms with E-state index in [0.717, 1.165) is 47.6 Å².